The third kappa shape index (κ3) is 4.97. The number of hydrogen-bond acceptors (Lipinski definition) is 3. The lowest BCUT2D eigenvalue weighted by Crippen LogP contribution is -2.38. The highest BCUT2D eigenvalue weighted by Crippen LogP contribution is 2.24. The second-order valence-electron chi connectivity index (χ2n) is 7.38. The molecule has 1 aliphatic heterocycles. The van der Waals surface area contributed by atoms with Crippen molar-refractivity contribution in [2.75, 3.05) is 32.1 Å². The van der Waals surface area contributed by atoms with Crippen molar-refractivity contribution in [1.82, 2.24) is 10.6 Å². The van der Waals surface area contributed by atoms with Crippen molar-refractivity contribution >= 4 is 11.6 Å². The van der Waals surface area contributed by atoms with Crippen LogP contribution in [0.1, 0.15) is 42.5 Å². The van der Waals surface area contributed by atoms with Crippen molar-refractivity contribution in [3.05, 3.63) is 59.2 Å². The van der Waals surface area contributed by atoms with Gasteiger partial charge in [0.1, 0.15) is 5.75 Å². The van der Waals surface area contributed by atoms with Crippen LogP contribution >= 0.6 is 0 Å². The van der Waals surface area contributed by atoms with E-state index in [1.54, 1.807) is 14.2 Å². The molecule has 0 spiro atoms. The van der Waals surface area contributed by atoms with Gasteiger partial charge in [-0.3, -0.25) is 4.99 Å². The number of nitrogens with zero attached hydrogens (tertiary/aromatic N) is 2. The Morgan fingerprint density at radius 1 is 1.18 bits per heavy atom. The van der Waals surface area contributed by atoms with E-state index in [1.807, 2.05) is 0 Å². The van der Waals surface area contributed by atoms with E-state index in [4.69, 9.17) is 4.74 Å². The number of hydrogen-bond donors (Lipinski definition) is 2. The molecule has 2 N–H and O–H groups in total. The number of anilines is 1. The van der Waals surface area contributed by atoms with Crippen molar-refractivity contribution < 1.29 is 4.74 Å². The molecule has 2 aromatic carbocycles. The Morgan fingerprint density at radius 3 is 2.68 bits per heavy atom. The fourth-order valence-corrected chi connectivity index (χ4v) is 3.61. The summed E-state index contributed by atoms with van der Waals surface area (Å²) in [6.45, 7) is 7.24. The molecule has 3 rings (SSSR count). The van der Waals surface area contributed by atoms with E-state index >= 15 is 0 Å². The lowest BCUT2D eigenvalue weighted by atomic mass is 10.1. The summed E-state index contributed by atoms with van der Waals surface area (Å²) in [6, 6.07) is 15.3. The van der Waals surface area contributed by atoms with Gasteiger partial charge in [-0.15, -0.1) is 0 Å². The topological polar surface area (TPSA) is 48.9 Å². The van der Waals surface area contributed by atoms with Crippen LogP contribution in [-0.4, -0.2) is 33.2 Å². The minimum atomic E-state index is 0.168. The molecule has 1 atom stereocenters. The van der Waals surface area contributed by atoms with Gasteiger partial charge in [0.15, 0.2) is 5.96 Å². The van der Waals surface area contributed by atoms with Crippen molar-refractivity contribution in [3.63, 3.8) is 0 Å². The molecule has 0 radical (unpaired) electrons. The van der Waals surface area contributed by atoms with E-state index in [2.05, 4.69) is 76.8 Å². The van der Waals surface area contributed by atoms with Crippen molar-refractivity contribution in [3.8, 4) is 5.75 Å². The van der Waals surface area contributed by atoms with Gasteiger partial charge < -0.3 is 20.3 Å². The largest absolute Gasteiger partial charge is 0.496 e. The molecule has 1 saturated heterocycles. The first-order valence-electron chi connectivity index (χ1n) is 10.1. The summed E-state index contributed by atoms with van der Waals surface area (Å²) in [5, 5.41) is 6.90. The zero-order chi connectivity index (χ0) is 19.9. The standard InChI is InChI=1S/C23H32N4O/c1-17-10-11-19(14-22(17)28-4)16-25-23(24-3)26-18(2)20-8-7-9-21(15-20)27-12-5-6-13-27/h7-11,14-15,18H,5-6,12-13,16H2,1-4H3,(H2,24,25,26). The number of methoxy groups -OCH3 is 1. The van der Waals surface area contributed by atoms with Crippen LogP contribution in [0.5, 0.6) is 5.75 Å². The van der Waals surface area contributed by atoms with Crippen molar-refractivity contribution in [2.24, 2.45) is 4.99 Å². The van der Waals surface area contributed by atoms with E-state index < -0.39 is 0 Å². The number of benzene rings is 2. The maximum atomic E-state index is 5.42. The van der Waals surface area contributed by atoms with Crippen LogP contribution in [0.4, 0.5) is 5.69 Å². The molecular formula is C23H32N4O. The molecule has 5 nitrogen and oxygen atoms in total. The van der Waals surface area contributed by atoms with Gasteiger partial charge in [-0.25, -0.2) is 0 Å². The van der Waals surface area contributed by atoms with Crippen molar-refractivity contribution in [2.45, 2.75) is 39.3 Å². The Bertz CT molecular complexity index is 812. The Kier molecular flexibility index (Phi) is 6.80. The van der Waals surface area contributed by atoms with Gasteiger partial charge in [-0.05, 0) is 61.6 Å². The second kappa shape index (κ2) is 9.49. The van der Waals surface area contributed by atoms with Crippen molar-refractivity contribution in [1.29, 1.82) is 0 Å². The molecule has 1 aliphatic rings. The molecule has 0 bridgehead atoms. The van der Waals surface area contributed by atoms with Gasteiger partial charge in [0.05, 0.1) is 13.2 Å². The summed E-state index contributed by atoms with van der Waals surface area (Å²) in [5.41, 5.74) is 4.89. The van der Waals surface area contributed by atoms with Gasteiger partial charge in [0, 0.05) is 32.4 Å². The van der Waals surface area contributed by atoms with Crippen LogP contribution in [0.25, 0.3) is 0 Å². The van der Waals surface area contributed by atoms with E-state index in [9.17, 15) is 0 Å². The third-order valence-electron chi connectivity index (χ3n) is 5.35. The van der Waals surface area contributed by atoms with Gasteiger partial charge in [0.25, 0.3) is 0 Å². The molecule has 1 fully saturated rings. The average Bonchev–Trinajstić information content (AvgIpc) is 3.27. The Hall–Kier alpha value is -2.69. The quantitative estimate of drug-likeness (QED) is 0.587. The SMILES string of the molecule is CN=C(NCc1ccc(C)c(OC)c1)NC(C)c1cccc(N2CCCC2)c1. The first-order valence-corrected chi connectivity index (χ1v) is 10.1. The van der Waals surface area contributed by atoms with E-state index in [0.29, 0.717) is 6.54 Å². The Balaban J connectivity index is 1.60. The summed E-state index contributed by atoms with van der Waals surface area (Å²) in [6.07, 6.45) is 2.58. The maximum absolute atomic E-state index is 5.42. The molecule has 0 amide bonds. The first kappa shape index (κ1) is 20.1. The Morgan fingerprint density at radius 2 is 1.96 bits per heavy atom. The predicted molar refractivity (Wildman–Crippen MR) is 117 cm³/mol. The summed E-state index contributed by atoms with van der Waals surface area (Å²) in [4.78, 5) is 6.85. The predicted octanol–water partition coefficient (Wildman–Crippen LogP) is 4.03. The lowest BCUT2D eigenvalue weighted by molar-refractivity contribution is 0.411. The number of ether oxygens (including phenoxy) is 1. The molecule has 150 valence electrons. The normalized spacial score (nSPS) is 15.4. The second-order valence-corrected chi connectivity index (χ2v) is 7.38. The molecule has 28 heavy (non-hydrogen) atoms. The van der Waals surface area contributed by atoms with Gasteiger partial charge in [0.2, 0.25) is 0 Å². The third-order valence-corrected chi connectivity index (χ3v) is 5.35. The van der Waals surface area contributed by atoms with Crippen LogP contribution in [0.15, 0.2) is 47.5 Å². The van der Waals surface area contributed by atoms with Gasteiger partial charge >= 0.3 is 0 Å². The minimum absolute atomic E-state index is 0.168. The highest BCUT2D eigenvalue weighted by Gasteiger charge is 2.14. The molecule has 0 aromatic heterocycles. The summed E-state index contributed by atoms with van der Waals surface area (Å²) < 4.78 is 5.42. The molecule has 5 heteroatoms. The van der Waals surface area contributed by atoms with Gasteiger partial charge in [-0.1, -0.05) is 24.3 Å². The average molecular weight is 381 g/mol. The van der Waals surface area contributed by atoms with Crippen LogP contribution in [0.2, 0.25) is 0 Å². The first-order chi connectivity index (χ1) is 13.6. The van der Waals surface area contributed by atoms with Gasteiger partial charge in [-0.2, -0.15) is 0 Å². The monoisotopic (exact) mass is 380 g/mol. The van der Waals surface area contributed by atoms with Crippen LogP contribution in [0, 0.1) is 6.92 Å². The summed E-state index contributed by atoms with van der Waals surface area (Å²) >= 11 is 0. The summed E-state index contributed by atoms with van der Waals surface area (Å²) in [7, 11) is 3.51. The fourth-order valence-electron chi connectivity index (χ4n) is 3.61. The summed E-state index contributed by atoms with van der Waals surface area (Å²) in [5.74, 6) is 1.70. The number of rotatable bonds is 6. The number of guanidine groups is 1. The van der Waals surface area contributed by atoms with Crippen LogP contribution in [-0.2, 0) is 6.54 Å². The molecule has 0 saturated carbocycles. The van der Waals surface area contributed by atoms with Crippen LogP contribution in [0.3, 0.4) is 0 Å². The maximum Gasteiger partial charge on any atom is 0.191 e. The number of aryl methyl sites for hydroxylation is 1. The van der Waals surface area contributed by atoms with E-state index in [1.165, 1.54) is 24.1 Å². The molecule has 1 heterocycles. The number of nitrogens with one attached hydrogen (secondary N) is 2. The molecule has 1 unspecified atom stereocenters. The van der Waals surface area contributed by atoms with E-state index in [0.717, 1.165) is 35.9 Å². The Labute approximate surface area is 168 Å². The zero-order valence-electron chi connectivity index (χ0n) is 17.5. The highest BCUT2D eigenvalue weighted by atomic mass is 16.5. The van der Waals surface area contributed by atoms with Crippen LogP contribution < -0.4 is 20.3 Å². The smallest absolute Gasteiger partial charge is 0.191 e. The lowest BCUT2D eigenvalue weighted by Gasteiger charge is -2.22. The number of aliphatic imine (C=N–C) groups is 1. The fraction of sp³-hybridized carbons (Fsp3) is 0.435. The minimum Gasteiger partial charge on any atom is -0.496 e. The van der Waals surface area contributed by atoms with E-state index in [-0.39, 0.29) is 6.04 Å². The highest BCUT2D eigenvalue weighted by molar-refractivity contribution is 5.80. The molecular weight excluding hydrogens is 348 g/mol. The zero-order valence-corrected chi connectivity index (χ0v) is 17.5. The molecule has 2 aromatic rings. The molecule has 0 aliphatic carbocycles.